The van der Waals surface area contributed by atoms with Crippen LogP contribution in [-0.2, 0) is 15.1 Å². The van der Waals surface area contributed by atoms with Crippen LogP contribution in [-0.4, -0.2) is 29.3 Å². The summed E-state index contributed by atoms with van der Waals surface area (Å²) in [6, 6.07) is 17.3. The maximum absolute atomic E-state index is 13.4. The second-order valence-electron chi connectivity index (χ2n) is 8.16. The number of carbonyl (C=O) groups is 3. The number of para-hydroxylation sites is 1. The van der Waals surface area contributed by atoms with Gasteiger partial charge in [0.15, 0.2) is 5.54 Å². The molecule has 2 unspecified atom stereocenters. The van der Waals surface area contributed by atoms with E-state index in [4.69, 9.17) is 4.42 Å². The molecule has 2 N–H and O–H groups in total. The molecule has 2 aromatic carbocycles. The molecule has 172 valence electrons. The Labute approximate surface area is 198 Å². The highest BCUT2D eigenvalue weighted by molar-refractivity contribution is 7.10. The minimum absolute atomic E-state index is 0.290. The van der Waals surface area contributed by atoms with Crippen LogP contribution < -0.4 is 10.6 Å². The maximum Gasteiger partial charge on any atom is 0.325 e. The number of amides is 4. The molecule has 4 aromatic rings. The number of benzene rings is 2. The molecular weight excluding hydrogens is 457 g/mol. The van der Waals surface area contributed by atoms with Crippen molar-refractivity contribution in [3.63, 3.8) is 0 Å². The molecule has 34 heavy (non-hydrogen) atoms. The minimum atomic E-state index is -1.43. The lowest BCUT2D eigenvalue weighted by atomic mass is 9.99. The molecule has 5 rings (SSSR count). The summed E-state index contributed by atoms with van der Waals surface area (Å²) >= 11 is 1.43. The molecule has 1 aliphatic heterocycles. The molecule has 0 bridgehead atoms. The molecule has 3 heterocycles. The summed E-state index contributed by atoms with van der Waals surface area (Å²) in [6.07, 6.45) is 0. The number of nitrogens with zero attached hydrogens (tertiary/aromatic N) is 1. The standard InChI is InChI=1S/C25H20FN3O4S/c1-25(20-13-16-5-2-3-6-18(16)33-20)23(31)29(24(32)28-25)14-21(30)27-22(19-7-4-12-34-19)15-8-10-17(26)11-9-15/h2-13,22H,14H2,1H3,(H,27,30)(H,28,32). The zero-order valence-electron chi connectivity index (χ0n) is 18.1. The van der Waals surface area contributed by atoms with Gasteiger partial charge in [-0.15, -0.1) is 11.3 Å². The van der Waals surface area contributed by atoms with Crippen LogP contribution in [0.1, 0.15) is 29.2 Å². The quantitative estimate of drug-likeness (QED) is 0.405. The van der Waals surface area contributed by atoms with Crippen LogP contribution in [0.5, 0.6) is 0 Å². The van der Waals surface area contributed by atoms with Gasteiger partial charge in [0, 0.05) is 10.3 Å². The van der Waals surface area contributed by atoms with Crippen LogP contribution in [0.25, 0.3) is 11.0 Å². The molecule has 2 atom stereocenters. The Hall–Kier alpha value is -3.98. The van der Waals surface area contributed by atoms with Crippen LogP contribution in [0.3, 0.4) is 0 Å². The summed E-state index contributed by atoms with van der Waals surface area (Å²) in [5.74, 6) is -1.21. The van der Waals surface area contributed by atoms with Crippen LogP contribution in [0.15, 0.2) is 76.5 Å². The van der Waals surface area contributed by atoms with Gasteiger partial charge in [-0.1, -0.05) is 36.4 Å². The Morgan fingerprint density at radius 1 is 1.15 bits per heavy atom. The average Bonchev–Trinajstić information content (AvgIpc) is 3.55. The van der Waals surface area contributed by atoms with E-state index in [1.54, 1.807) is 31.2 Å². The lowest BCUT2D eigenvalue weighted by Gasteiger charge is -2.21. The Kier molecular flexibility index (Phi) is 5.41. The van der Waals surface area contributed by atoms with Crippen molar-refractivity contribution in [1.29, 1.82) is 0 Å². The lowest BCUT2D eigenvalue weighted by molar-refractivity contribution is -0.135. The highest BCUT2D eigenvalue weighted by Gasteiger charge is 2.51. The molecule has 0 spiro atoms. The van der Waals surface area contributed by atoms with Crippen LogP contribution in [0.4, 0.5) is 9.18 Å². The van der Waals surface area contributed by atoms with Crippen molar-refractivity contribution in [3.8, 4) is 0 Å². The van der Waals surface area contributed by atoms with Gasteiger partial charge in [-0.05, 0) is 48.2 Å². The van der Waals surface area contributed by atoms with E-state index >= 15 is 0 Å². The number of rotatable bonds is 6. The Bertz CT molecular complexity index is 1350. The molecule has 1 saturated heterocycles. The number of urea groups is 1. The van der Waals surface area contributed by atoms with Crippen molar-refractivity contribution < 1.29 is 23.2 Å². The summed E-state index contributed by atoms with van der Waals surface area (Å²) in [6.45, 7) is 1.08. The fourth-order valence-electron chi connectivity index (χ4n) is 4.02. The number of thiophene rings is 1. The monoisotopic (exact) mass is 477 g/mol. The first-order valence-corrected chi connectivity index (χ1v) is 11.4. The molecule has 1 fully saturated rings. The Morgan fingerprint density at radius 3 is 2.62 bits per heavy atom. The fourth-order valence-corrected chi connectivity index (χ4v) is 4.82. The summed E-state index contributed by atoms with van der Waals surface area (Å²) in [5.41, 5.74) is -0.155. The molecule has 0 saturated carbocycles. The number of fused-ring (bicyclic) bond motifs is 1. The molecule has 4 amide bonds. The predicted molar refractivity (Wildman–Crippen MR) is 125 cm³/mol. The van der Waals surface area contributed by atoms with Gasteiger partial charge in [-0.25, -0.2) is 9.18 Å². The second kappa shape index (κ2) is 8.42. The third-order valence-corrected chi connectivity index (χ3v) is 6.77. The van der Waals surface area contributed by atoms with Gasteiger partial charge >= 0.3 is 6.03 Å². The smallest absolute Gasteiger partial charge is 0.325 e. The van der Waals surface area contributed by atoms with Crippen LogP contribution in [0, 0.1) is 5.82 Å². The highest BCUT2D eigenvalue weighted by atomic mass is 32.1. The van der Waals surface area contributed by atoms with Gasteiger partial charge in [0.2, 0.25) is 5.91 Å². The zero-order chi connectivity index (χ0) is 23.9. The van der Waals surface area contributed by atoms with Gasteiger partial charge in [0.25, 0.3) is 5.91 Å². The van der Waals surface area contributed by atoms with E-state index in [9.17, 15) is 18.8 Å². The van der Waals surface area contributed by atoms with Gasteiger partial charge in [-0.3, -0.25) is 14.5 Å². The maximum atomic E-state index is 13.4. The molecule has 2 aromatic heterocycles. The first-order chi connectivity index (χ1) is 16.3. The molecule has 1 aliphatic rings. The molecule has 7 nitrogen and oxygen atoms in total. The van der Waals surface area contributed by atoms with Gasteiger partial charge < -0.3 is 15.1 Å². The van der Waals surface area contributed by atoms with Crippen molar-refractivity contribution >= 4 is 40.2 Å². The second-order valence-corrected chi connectivity index (χ2v) is 9.14. The average molecular weight is 478 g/mol. The molecule has 0 radical (unpaired) electrons. The Morgan fingerprint density at radius 2 is 1.91 bits per heavy atom. The summed E-state index contributed by atoms with van der Waals surface area (Å²) in [7, 11) is 0. The lowest BCUT2D eigenvalue weighted by Crippen LogP contribution is -2.43. The van der Waals surface area contributed by atoms with Gasteiger partial charge in [0.05, 0.1) is 6.04 Å². The van der Waals surface area contributed by atoms with E-state index in [0.29, 0.717) is 11.1 Å². The number of nitrogens with one attached hydrogen (secondary N) is 2. The van der Waals surface area contributed by atoms with Gasteiger partial charge in [0.1, 0.15) is 23.7 Å². The Balaban J connectivity index is 1.36. The van der Waals surface area contributed by atoms with Crippen molar-refractivity contribution in [3.05, 3.63) is 94.1 Å². The number of furan rings is 1. The number of hydrogen-bond acceptors (Lipinski definition) is 5. The number of carbonyl (C=O) groups excluding carboxylic acids is 3. The first kappa shape index (κ1) is 21.8. The number of imide groups is 1. The van der Waals surface area contributed by atoms with E-state index in [0.717, 1.165) is 15.2 Å². The van der Waals surface area contributed by atoms with E-state index in [1.807, 2.05) is 35.7 Å². The summed E-state index contributed by atoms with van der Waals surface area (Å²) < 4.78 is 19.2. The minimum Gasteiger partial charge on any atom is -0.458 e. The van der Waals surface area contributed by atoms with Crippen molar-refractivity contribution in [2.24, 2.45) is 0 Å². The summed E-state index contributed by atoms with van der Waals surface area (Å²) in [4.78, 5) is 40.6. The van der Waals surface area contributed by atoms with E-state index < -0.39 is 36.0 Å². The molecule has 0 aliphatic carbocycles. The van der Waals surface area contributed by atoms with Crippen molar-refractivity contribution in [1.82, 2.24) is 15.5 Å². The van der Waals surface area contributed by atoms with Crippen LogP contribution in [0.2, 0.25) is 0 Å². The molecular formula is C25H20FN3O4S. The topological polar surface area (TPSA) is 91.7 Å². The highest BCUT2D eigenvalue weighted by Crippen LogP contribution is 2.33. The fraction of sp³-hybridized carbons (Fsp3) is 0.160. The zero-order valence-corrected chi connectivity index (χ0v) is 18.9. The molecule has 9 heteroatoms. The number of hydrogen-bond donors (Lipinski definition) is 2. The summed E-state index contributed by atoms with van der Waals surface area (Å²) in [5, 5.41) is 8.19. The van der Waals surface area contributed by atoms with Crippen LogP contribution >= 0.6 is 11.3 Å². The van der Waals surface area contributed by atoms with E-state index in [-0.39, 0.29) is 11.6 Å². The van der Waals surface area contributed by atoms with E-state index in [2.05, 4.69) is 10.6 Å². The van der Waals surface area contributed by atoms with Gasteiger partial charge in [-0.2, -0.15) is 0 Å². The first-order valence-electron chi connectivity index (χ1n) is 10.6. The normalized spacial score (nSPS) is 18.8. The third kappa shape index (κ3) is 3.84. The SMILES string of the molecule is CC1(c2cc3ccccc3o2)NC(=O)N(CC(=O)NC(c2ccc(F)cc2)c2cccs2)C1=O. The van der Waals surface area contributed by atoms with E-state index in [1.165, 1.54) is 23.5 Å². The largest absolute Gasteiger partial charge is 0.458 e. The van der Waals surface area contributed by atoms with Crippen molar-refractivity contribution in [2.75, 3.05) is 6.54 Å². The predicted octanol–water partition coefficient (Wildman–Crippen LogP) is 4.31. The van der Waals surface area contributed by atoms with Crippen molar-refractivity contribution in [2.45, 2.75) is 18.5 Å². The number of halogens is 1. The third-order valence-electron chi connectivity index (χ3n) is 5.83.